The molecule has 0 bridgehead atoms. The third-order valence-electron chi connectivity index (χ3n) is 6.63. The minimum absolute atomic E-state index is 0.0215. The van der Waals surface area contributed by atoms with Crippen LogP contribution in [-0.4, -0.2) is 92.5 Å². The molecular weight excluding hydrogens is 547 g/mol. The van der Waals surface area contributed by atoms with Gasteiger partial charge in [-0.15, -0.1) is 0 Å². The summed E-state index contributed by atoms with van der Waals surface area (Å²) in [6.07, 6.45) is -0.619. The Kier molecular flexibility index (Phi) is 9.45. The van der Waals surface area contributed by atoms with E-state index in [2.05, 4.69) is 5.32 Å². The molecule has 0 saturated carbocycles. The van der Waals surface area contributed by atoms with Crippen molar-refractivity contribution in [2.75, 3.05) is 39.8 Å². The molecular formula is C24H36Cl2N2O8S. The number of nitrogens with zero attached hydrogens (tertiary/aromatic N) is 1. The molecule has 0 aromatic heterocycles. The highest BCUT2D eigenvalue weighted by atomic mass is 35.5. The molecule has 1 aromatic carbocycles. The van der Waals surface area contributed by atoms with Gasteiger partial charge >= 0.3 is 5.97 Å². The zero-order chi connectivity index (χ0) is 27.8. The molecule has 13 heteroatoms. The fourth-order valence-electron chi connectivity index (χ4n) is 4.95. The molecule has 0 aliphatic carbocycles. The van der Waals surface area contributed by atoms with E-state index in [9.17, 15) is 23.4 Å². The number of likely N-dealkylation sites (tertiary alicyclic amines) is 1. The van der Waals surface area contributed by atoms with E-state index in [0.717, 1.165) is 6.26 Å². The van der Waals surface area contributed by atoms with Gasteiger partial charge in [0.1, 0.15) is 28.4 Å². The monoisotopic (exact) mass is 582 g/mol. The van der Waals surface area contributed by atoms with Gasteiger partial charge in [-0.2, -0.15) is 0 Å². The molecule has 10 nitrogen and oxygen atoms in total. The van der Waals surface area contributed by atoms with E-state index < -0.39 is 44.5 Å². The minimum atomic E-state index is -3.48. The summed E-state index contributed by atoms with van der Waals surface area (Å²) < 4.78 is 40.5. The maximum absolute atomic E-state index is 13.7. The summed E-state index contributed by atoms with van der Waals surface area (Å²) in [7, 11) is -2.01. The lowest BCUT2D eigenvalue weighted by atomic mass is 9.83. The van der Waals surface area contributed by atoms with Crippen LogP contribution in [0, 0.1) is 5.92 Å². The van der Waals surface area contributed by atoms with Gasteiger partial charge in [-0.05, 0) is 58.2 Å². The third-order valence-corrected chi connectivity index (χ3v) is 9.00. The Bertz CT molecular complexity index is 1100. The topological polar surface area (TPSA) is 135 Å². The van der Waals surface area contributed by atoms with Gasteiger partial charge in [0.15, 0.2) is 16.6 Å². The van der Waals surface area contributed by atoms with Crippen molar-refractivity contribution in [3.63, 3.8) is 0 Å². The second kappa shape index (κ2) is 11.5. The lowest BCUT2D eigenvalue weighted by Gasteiger charge is -2.34. The van der Waals surface area contributed by atoms with Gasteiger partial charge in [0, 0.05) is 32.0 Å². The van der Waals surface area contributed by atoms with Crippen LogP contribution < -0.4 is 10.1 Å². The zero-order valence-corrected chi connectivity index (χ0v) is 24.0. The fourth-order valence-corrected chi connectivity index (χ4v) is 6.54. The van der Waals surface area contributed by atoms with E-state index in [0.29, 0.717) is 17.9 Å². The molecule has 210 valence electrons. The number of halogens is 2. The number of esters is 1. The summed E-state index contributed by atoms with van der Waals surface area (Å²) in [5.74, 6) is -0.506. The van der Waals surface area contributed by atoms with Crippen molar-refractivity contribution in [2.45, 2.75) is 62.3 Å². The Morgan fingerprint density at radius 2 is 1.97 bits per heavy atom. The van der Waals surface area contributed by atoms with Gasteiger partial charge in [-0.1, -0.05) is 23.2 Å². The highest BCUT2D eigenvalue weighted by Gasteiger charge is 2.52. The summed E-state index contributed by atoms with van der Waals surface area (Å²) in [6.45, 7) is 5.57. The Morgan fingerprint density at radius 3 is 2.54 bits per heavy atom. The molecule has 2 saturated heterocycles. The molecule has 0 amide bonds. The molecule has 3 rings (SSSR count). The van der Waals surface area contributed by atoms with E-state index in [-0.39, 0.29) is 48.7 Å². The number of rotatable bonds is 9. The van der Waals surface area contributed by atoms with Crippen molar-refractivity contribution in [1.29, 1.82) is 0 Å². The summed E-state index contributed by atoms with van der Waals surface area (Å²) in [6, 6.07) is 3.17. The van der Waals surface area contributed by atoms with Gasteiger partial charge in [-0.3, -0.25) is 10.2 Å². The van der Waals surface area contributed by atoms with E-state index in [1.807, 2.05) is 0 Å². The molecule has 2 fully saturated rings. The van der Waals surface area contributed by atoms with Crippen LogP contribution in [0.2, 0.25) is 10.0 Å². The van der Waals surface area contributed by atoms with Crippen LogP contribution in [0.3, 0.4) is 0 Å². The number of hydrogen-bond acceptors (Lipinski definition) is 10. The largest absolute Gasteiger partial charge is 0.467 e. The van der Waals surface area contributed by atoms with Crippen LogP contribution in [0.5, 0.6) is 5.75 Å². The molecule has 2 aliphatic heterocycles. The van der Waals surface area contributed by atoms with Crippen molar-refractivity contribution >= 4 is 39.0 Å². The number of carbonyl (C=O) groups excluding carboxylic acids is 1. The molecule has 1 unspecified atom stereocenters. The molecule has 0 radical (unpaired) electrons. The molecule has 2 heterocycles. The maximum Gasteiger partial charge on any atom is 0.331 e. The van der Waals surface area contributed by atoms with Crippen molar-refractivity contribution in [2.24, 2.45) is 5.92 Å². The Morgan fingerprint density at radius 1 is 1.30 bits per heavy atom. The minimum Gasteiger partial charge on any atom is -0.467 e. The SMILES string of the molecule is COCOc1ccc(Cl)c(Cl)c1[C@@]1(C(=O)OC(C)(C)C)C[C@@H](CC(O)N2C[C@H](O)[C@@H](S(C)(=O)=O)C2)CN1. The van der Waals surface area contributed by atoms with Crippen LogP contribution in [0.4, 0.5) is 0 Å². The number of benzene rings is 1. The first-order chi connectivity index (χ1) is 17.1. The molecule has 5 atom stereocenters. The molecule has 0 spiro atoms. The number of methoxy groups -OCH3 is 1. The number of aliphatic hydroxyl groups excluding tert-OH is 2. The van der Waals surface area contributed by atoms with Gasteiger partial charge in [0.25, 0.3) is 0 Å². The van der Waals surface area contributed by atoms with E-state index in [1.165, 1.54) is 7.11 Å². The van der Waals surface area contributed by atoms with Crippen LogP contribution in [-0.2, 0) is 29.6 Å². The molecule has 1 aromatic rings. The van der Waals surface area contributed by atoms with E-state index in [4.69, 9.17) is 37.4 Å². The number of aliphatic hydroxyl groups is 2. The lowest BCUT2D eigenvalue weighted by molar-refractivity contribution is -0.163. The zero-order valence-electron chi connectivity index (χ0n) is 21.7. The Balaban J connectivity index is 1.91. The van der Waals surface area contributed by atoms with Crippen molar-refractivity contribution in [3.8, 4) is 5.75 Å². The number of nitrogens with one attached hydrogen (secondary N) is 1. The van der Waals surface area contributed by atoms with Crippen LogP contribution in [0.25, 0.3) is 0 Å². The predicted molar refractivity (Wildman–Crippen MR) is 139 cm³/mol. The lowest BCUT2D eigenvalue weighted by Crippen LogP contribution is -2.48. The normalized spacial score (nSPS) is 27.9. The Hall–Kier alpha value is -1.18. The maximum atomic E-state index is 13.7. The van der Waals surface area contributed by atoms with Gasteiger partial charge in [-0.25, -0.2) is 13.2 Å². The van der Waals surface area contributed by atoms with Crippen LogP contribution in [0.1, 0.15) is 39.2 Å². The first-order valence-corrected chi connectivity index (χ1v) is 14.7. The van der Waals surface area contributed by atoms with Crippen LogP contribution in [0.15, 0.2) is 12.1 Å². The first kappa shape index (κ1) is 30.4. The molecule has 37 heavy (non-hydrogen) atoms. The van der Waals surface area contributed by atoms with Crippen molar-refractivity contribution in [3.05, 3.63) is 27.7 Å². The number of ether oxygens (including phenoxy) is 3. The Labute approximate surface area is 228 Å². The number of sulfone groups is 1. The molecule has 3 N–H and O–H groups in total. The van der Waals surface area contributed by atoms with Gasteiger partial charge < -0.3 is 24.4 Å². The standard InChI is InChI=1S/C24H36Cl2N2O8S/c1-23(2,3)36-22(31)24(20-17(35-13-34-4)7-6-15(25)21(20)26)9-14(10-27-24)8-19(30)28-11-16(29)18(12-28)37(5,32)33/h6-7,14,16,18-19,27,29-30H,8-13H2,1-5H3/t14-,16+,18+,19?,24-/m1/s1. The fraction of sp³-hybridized carbons (Fsp3) is 0.708. The van der Waals surface area contributed by atoms with Gasteiger partial charge in [0.05, 0.1) is 16.1 Å². The number of β-amino-alcohol motifs (C(OH)–C–C–N with tert-alkyl or cyclic N) is 1. The molecule has 2 aliphatic rings. The highest BCUT2D eigenvalue weighted by molar-refractivity contribution is 7.91. The first-order valence-electron chi connectivity index (χ1n) is 12.0. The highest BCUT2D eigenvalue weighted by Crippen LogP contribution is 2.47. The van der Waals surface area contributed by atoms with Crippen LogP contribution >= 0.6 is 23.2 Å². The summed E-state index contributed by atoms with van der Waals surface area (Å²) in [5.41, 5.74) is -1.91. The van der Waals surface area contributed by atoms with Crippen molar-refractivity contribution < 1.29 is 37.6 Å². The third kappa shape index (κ3) is 6.88. The second-order valence-corrected chi connectivity index (χ2v) is 13.8. The predicted octanol–water partition coefficient (Wildman–Crippen LogP) is 1.92. The van der Waals surface area contributed by atoms with E-state index >= 15 is 0 Å². The summed E-state index contributed by atoms with van der Waals surface area (Å²) >= 11 is 13.0. The average molecular weight is 584 g/mol. The smallest absolute Gasteiger partial charge is 0.331 e. The van der Waals surface area contributed by atoms with Gasteiger partial charge in [0.2, 0.25) is 0 Å². The summed E-state index contributed by atoms with van der Waals surface area (Å²) in [5, 5.41) is 23.8. The number of hydrogen-bond donors (Lipinski definition) is 3. The quantitative estimate of drug-likeness (QED) is 0.292. The second-order valence-electron chi connectivity index (χ2n) is 10.7. The average Bonchev–Trinajstić information content (AvgIpc) is 3.38. The van der Waals surface area contributed by atoms with Crippen molar-refractivity contribution in [1.82, 2.24) is 10.2 Å². The number of carbonyl (C=O) groups is 1. The summed E-state index contributed by atoms with van der Waals surface area (Å²) in [4.78, 5) is 15.3. The van der Waals surface area contributed by atoms with E-state index in [1.54, 1.807) is 37.8 Å².